The Bertz CT molecular complexity index is 581. The monoisotopic (exact) mass is 302 g/mol. The molecule has 0 atom stereocenters. The number of anilines is 1. The minimum Gasteiger partial charge on any atom is -0.389 e. The average molecular weight is 302 g/mol. The minimum absolute atomic E-state index is 0.595. The highest BCUT2D eigenvalue weighted by Gasteiger charge is 2.33. The van der Waals surface area contributed by atoms with Crippen LogP contribution in [0.3, 0.4) is 0 Å². The first-order valence-electron chi connectivity index (χ1n) is 7.51. The van der Waals surface area contributed by atoms with Crippen molar-refractivity contribution in [2.45, 2.75) is 38.7 Å². The Morgan fingerprint density at radius 3 is 2.43 bits per heavy atom. The van der Waals surface area contributed by atoms with E-state index >= 15 is 0 Å². The van der Waals surface area contributed by atoms with Crippen molar-refractivity contribution in [2.24, 2.45) is 0 Å². The molecule has 0 saturated carbocycles. The molecule has 0 amide bonds. The fourth-order valence-electron chi connectivity index (χ4n) is 2.89. The summed E-state index contributed by atoms with van der Waals surface area (Å²) >= 11 is 1.72. The van der Waals surface area contributed by atoms with E-state index in [0.717, 1.165) is 36.6 Å². The van der Waals surface area contributed by atoms with Crippen molar-refractivity contribution in [3.8, 4) is 0 Å². The zero-order chi connectivity index (χ0) is 14.9. The van der Waals surface area contributed by atoms with Crippen LogP contribution in [0, 0.1) is 13.8 Å². The molecule has 3 rings (SSSR count). The first-order chi connectivity index (χ1) is 10.1. The Hall–Kier alpha value is -1.39. The third-order valence-corrected chi connectivity index (χ3v) is 5.44. The first kappa shape index (κ1) is 14.5. The summed E-state index contributed by atoms with van der Waals surface area (Å²) in [5, 5.41) is 11.9. The summed E-state index contributed by atoms with van der Waals surface area (Å²) in [6.45, 7) is 5.95. The van der Waals surface area contributed by atoms with Crippen molar-refractivity contribution in [1.82, 2.24) is 4.98 Å². The molecule has 2 aromatic rings. The van der Waals surface area contributed by atoms with Gasteiger partial charge < -0.3 is 10.0 Å². The van der Waals surface area contributed by atoms with Crippen LogP contribution in [-0.2, 0) is 6.42 Å². The molecular weight excluding hydrogens is 280 g/mol. The number of thiazole rings is 1. The van der Waals surface area contributed by atoms with Gasteiger partial charge in [-0.1, -0.05) is 18.2 Å². The summed E-state index contributed by atoms with van der Waals surface area (Å²) < 4.78 is 0. The number of piperidine rings is 1. The lowest BCUT2D eigenvalue weighted by molar-refractivity contribution is 0.0165. The zero-order valence-electron chi connectivity index (χ0n) is 12.7. The van der Waals surface area contributed by atoms with Gasteiger partial charge in [-0.3, -0.25) is 0 Å². The number of nitrogens with zero attached hydrogens (tertiary/aromatic N) is 2. The number of hydrogen-bond acceptors (Lipinski definition) is 4. The second-order valence-electron chi connectivity index (χ2n) is 5.97. The van der Waals surface area contributed by atoms with Crippen LogP contribution < -0.4 is 4.90 Å². The molecule has 0 bridgehead atoms. The van der Waals surface area contributed by atoms with Gasteiger partial charge in [0.05, 0.1) is 16.3 Å². The average Bonchev–Trinajstić information content (AvgIpc) is 2.78. The highest BCUT2D eigenvalue weighted by atomic mass is 32.1. The number of aromatic nitrogens is 1. The van der Waals surface area contributed by atoms with Crippen LogP contribution in [0.5, 0.6) is 0 Å². The molecule has 112 valence electrons. The van der Waals surface area contributed by atoms with Gasteiger partial charge in [0.2, 0.25) is 0 Å². The van der Waals surface area contributed by atoms with Gasteiger partial charge in [-0.25, -0.2) is 4.98 Å². The Morgan fingerprint density at radius 2 is 1.86 bits per heavy atom. The molecule has 0 spiro atoms. The number of aryl methyl sites for hydroxylation is 2. The summed E-state index contributed by atoms with van der Waals surface area (Å²) in [7, 11) is 0. The van der Waals surface area contributed by atoms with Crippen molar-refractivity contribution in [1.29, 1.82) is 0 Å². The number of aliphatic hydroxyl groups is 1. The summed E-state index contributed by atoms with van der Waals surface area (Å²) in [5.74, 6) is 0. The van der Waals surface area contributed by atoms with E-state index in [1.54, 1.807) is 11.3 Å². The molecule has 0 radical (unpaired) electrons. The minimum atomic E-state index is -0.595. The number of benzene rings is 1. The van der Waals surface area contributed by atoms with Gasteiger partial charge in [0.15, 0.2) is 0 Å². The molecule has 0 unspecified atom stereocenters. The fourth-order valence-corrected chi connectivity index (χ4v) is 3.96. The highest BCUT2D eigenvalue weighted by Crippen LogP contribution is 2.30. The van der Waals surface area contributed by atoms with Crippen molar-refractivity contribution < 1.29 is 5.11 Å². The predicted octanol–water partition coefficient (Wildman–Crippen LogP) is 3.33. The topological polar surface area (TPSA) is 36.4 Å². The maximum absolute atomic E-state index is 10.8. The lowest BCUT2D eigenvalue weighted by atomic mass is 9.88. The summed E-state index contributed by atoms with van der Waals surface area (Å²) in [6.07, 6.45) is 2.30. The normalized spacial score (nSPS) is 18.0. The number of hydrogen-bond donors (Lipinski definition) is 1. The fraction of sp³-hybridized carbons (Fsp3) is 0.471. The molecule has 3 nitrogen and oxygen atoms in total. The third-order valence-electron chi connectivity index (χ3n) is 4.37. The third kappa shape index (κ3) is 3.27. The van der Waals surface area contributed by atoms with Gasteiger partial charge in [0, 0.05) is 30.1 Å². The summed E-state index contributed by atoms with van der Waals surface area (Å²) in [6, 6.07) is 10.4. The molecule has 1 N–H and O–H groups in total. The molecule has 1 fully saturated rings. The molecule has 4 heteroatoms. The Kier molecular flexibility index (Phi) is 4.00. The molecular formula is C17H22N2OS. The van der Waals surface area contributed by atoms with Crippen molar-refractivity contribution in [3.63, 3.8) is 0 Å². The van der Waals surface area contributed by atoms with Crippen LogP contribution in [0.15, 0.2) is 30.3 Å². The van der Waals surface area contributed by atoms with Gasteiger partial charge in [0.25, 0.3) is 0 Å². The largest absolute Gasteiger partial charge is 0.389 e. The molecule has 1 aliphatic rings. The standard InChI is InChI=1S/C17H22N2OS/c1-13-14(2)21-16(18-13)12-17(20)8-10-19(11-9-17)15-6-4-3-5-7-15/h3-7,20H,8-12H2,1-2H3. The van der Waals surface area contributed by atoms with E-state index in [4.69, 9.17) is 0 Å². The van der Waals surface area contributed by atoms with E-state index in [1.807, 2.05) is 13.0 Å². The van der Waals surface area contributed by atoms with Crippen LogP contribution >= 0.6 is 11.3 Å². The SMILES string of the molecule is Cc1nc(CC2(O)CCN(c3ccccc3)CC2)sc1C. The Balaban J connectivity index is 1.64. The van der Waals surface area contributed by atoms with Crippen LogP contribution in [0.25, 0.3) is 0 Å². The Morgan fingerprint density at radius 1 is 1.19 bits per heavy atom. The number of rotatable bonds is 3. The lowest BCUT2D eigenvalue weighted by Gasteiger charge is -2.39. The summed E-state index contributed by atoms with van der Waals surface area (Å²) in [5.41, 5.74) is 1.75. The molecule has 2 heterocycles. The molecule has 1 saturated heterocycles. The van der Waals surface area contributed by atoms with Crippen molar-refractivity contribution >= 4 is 17.0 Å². The van der Waals surface area contributed by atoms with Crippen molar-refractivity contribution in [2.75, 3.05) is 18.0 Å². The quantitative estimate of drug-likeness (QED) is 0.945. The van der Waals surface area contributed by atoms with E-state index in [0.29, 0.717) is 6.42 Å². The Labute approximate surface area is 130 Å². The van der Waals surface area contributed by atoms with E-state index < -0.39 is 5.60 Å². The van der Waals surface area contributed by atoms with E-state index in [2.05, 4.69) is 41.1 Å². The van der Waals surface area contributed by atoms with Gasteiger partial charge in [-0.15, -0.1) is 11.3 Å². The van der Waals surface area contributed by atoms with Gasteiger partial charge in [-0.05, 0) is 38.8 Å². The van der Waals surface area contributed by atoms with Crippen molar-refractivity contribution in [3.05, 3.63) is 45.9 Å². The van der Waals surface area contributed by atoms with Crippen LogP contribution in [0.4, 0.5) is 5.69 Å². The molecule has 21 heavy (non-hydrogen) atoms. The smallest absolute Gasteiger partial charge is 0.0959 e. The lowest BCUT2D eigenvalue weighted by Crippen LogP contribution is -2.45. The number of para-hydroxylation sites is 1. The van der Waals surface area contributed by atoms with E-state index in [1.165, 1.54) is 10.6 Å². The first-order valence-corrected chi connectivity index (χ1v) is 8.33. The van der Waals surface area contributed by atoms with Gasteiger partial charge >= 0.3 is 0 Å². The molecule has 1 aromatic heterocycles. The van der Waals surface area contributed by atoms with Crippen LogP contribution in [0.2, 0.25) is 0 Å². The predicted molar refractivity (Wildman–Crippen MR) is 88.1 cm³/mol. The maximum Gasteiger partial charge on any atom is 0.0959 e. The van der Waals surface area contributed by atoms with Crippen LogP contribution in [0.1, 0.15) is 28.4 Å². The molecule has 1 aliphatic heterocycles. The molecule has 1 aromatic carbocycles. The highest BCUT2D eigenvalue weighted by molar-refractivity contribution is 7.11. The molecule has 0 aliphatic carbocycles. The summed E-state index contributed by atoms with van der Waals surface area (Å²) in [4.78, 5) is 8.19. The van der Waals surface area contributed by atoms with Gasteiger partial charge in [0.1, 0.15) is 0 Å². The second kappa shape index (κ2) is 5.78. The maximum atomic E-state index is 10.8. The van der Waals surface area contributed by atoms with E-state index in [9.17, 15) is 5.11 Å². The van der Waals surface area contributed by atoms with E-state index in [-0.39, 0.29) is 0 Å². The van der Waals surface area contributed by atoms with Gasteiger partial charge in [-0.2, -0.15) is 0 Å². The van der Waals surface area contributed by atoms with Crippen LogP contribution in [-0.4, -0.2) is 28.8 Å². The second-order valence-corrected chi connectivity index (χ2v) is 7.26. The zero-order valence-corrected chi connectivity index (χ0v) is 13.5.